The molecule has 0 unspecified atom stereocenters. The Labute approximate surface area is 87.7 Å². The lowest BCUT2D eigenvalue weighted by molar-refractivity contribution is 0.0687. The zero-order valence-electron chi connectivity index (χ0n) is 8.84. The molecule has 1 rings (SSSR count). The maximum atomic E-state index is 10.8. The second-order valence-corrected chi connectivity index (χ2v) is 3.44. The number of hydrogen-bond acceptors (Lipinski definition) is 4. The quantitative estimate of drug-likeness (QED) is 0.692. The number of nitrogens with zero attached hydrogens (tertiary/aromatic N) is 3. The van der Waals surface area contributed by atoms with Gasteiger partial charge < -0.3 is 10.2 Å². The van der Waals surface area contributed by atoms with Crippen molar-refractivity contribution >= 4 is 5.97 Å². The molecule has 1 aromatic rings. The van der Waals surface area contributed by atoms with Crippen LogP contribution in [-0.2, 0) is 13.6 Å². The fourth-order valence-electron chi connectivity index (χ4n) is 1.37. The fourth-order valence-corrected chi connectivity index (χ4v) is 1.37. The summed E-state index contributed by atoms with van der Waals surface area (Å²) in [6.45, 7) is 1.03. The van der Waals surface area contributed by atoms with Crippen LogP contribution in [0.25, 0.3) is 0 Å². The Morgan fingerprint density at radius 2 is 2.33 bits per heavy atom. The number of likely N-dealkylation sites (N-methyl/N-ethyl adjacent to an activating group) is 1. The van der Waals surface area contributed by atoms with Crippen LogP contribution in [0.1, 0.15) is 16.1 Å². The average molecular weight is 213 g/mol. The van der Waals surface area contributed by atoms with Gasteiger partial charge in [-0.3, -0.25) is 9.58 Å². The summed E-state index contributed by atoms with van der Waals surface area (Å²) in [5, 5.41) is 21.4. The Bertz CT molecular complexity index is 348. The molecule has 15 heavy (non-hydrogen) atoms. The Kier molecular flexibility index (Phi) is 3.81. The van der Waals surface area contributed by atoms with E-state index in [1.165, 1.54) is 4.68 Å². The van der Waals surface area contributed by atoms with Crippen molar-refractivity contribution in [3.05, 3.63) is 17.5 Å². The molecule has 6 nitrogen and oxygen atoms in total. The molecule has 1 aromatic heterocycles. The van der Waals surface area contributed by atoms with Gasteiger partial charge in [-0.15, -0.1) is 0 Å². The molecule has 0 aromatic carbocycles. The van der Waals surface area contributed by atoms with E-state index in [-0.39, 0.29) is 12.3 Å². The minimum Gasteiger partial charge on any atom is -0.476 e. The molecule has 2 N–H and O–H groups in total. The molecule has 0 aliphatic heterocycles. The third kappa shape index (κ3) is 3.03. The maximum absolute atomic E-state index is 10.8. The third-order valence-electron chi connectivity index (χ3n) is 2.03. The fraction of sp³-hybridized carbons (Fsp3) is 0.556. The van der Waals surface area contributed by atoms with Gasteiger partial charge in [-0.1, -0.05) is 0 Å². The standard InChI is InChI=1S/C9H15N3O3/c1-11(3-4-13)5-7-6-12(2)10-8(7)9(14)15/h6,13H,3-5H2,1-2H3,(H,14,15). The number of hydrogen-bond donors (Lipinski definition) is 2. The lowest BCUT2D eigenvalue weighted by Gasteiger charge is -2.13. The van der Waals surface area contributed by atoms with Gasteiger partial charge in [0.25, 0.3) is 0 Å². The van der Waals surface area contributed by atoms with Gasteiger partial charge in [0.1, 0.15) is 0 Å². The summed E-state index contributed by atoms with van der Waals surface area (Å²) < 4.78 is 1.48. The van der Waals surface area contributed by atoms with E-state index in [1.54, 1.807) is 13.2 Å². The molecule has 0 fully saturated rings. The number of carboxylic acid groups (broad SMARTS) is 1. The Balaban J connectivity index is 2.79. The highest BCUT2D eigenvalue weighted by Gasteiger charge is 2.15. The van der Waals surface area contributed by atoms with Crippen LogP contribution in [0.5, 0.6) is 0 Å². The summed E-state index contributed by atoms with van der Waals surface area (Å²) in [6, 6.07) is 0. The van der Waals surface area contributed by atoms with Crippen molar-refractivity contribution in [2.75, 3.05) is 20.2 Å². The van der Waals surface area contributed by atoms with E-state index in [9.17, 15) is 4.79 Å². The number of aromatic nitrogens is 2. The van der Waals surface area contributed by atoms with Crippen LogP contribution in [0, 0.1) is 0 Å². The van der Waals surface area contributed by atoms with E-state index in [2.05, 4.69) is 5.10 Å². The average Bonchev–Trinajstić information content (AvgIpc) is 2.47. The van der Waals surface area contributed by atoms with E-state index < -0.39 is 5.97 Å². The van der Waals surface area contributed by atoms with E-state index in [0.717, 1.165) is 0 Å². The Morgan fingerprint density at radius 3 is 2.87 bits per heavy atom. The number of rotatable bonds is 5. The van der Waals surface area contributed by atoms with Crippen molar-refractivity contribution in [2.24, 2.45) is 7.05 Å². The molecule has 6 heteroatoms. The molecule has 0 bridgehead atoms. The summed E-state index contributed by atoms with van der Waals surface area (Å²) in [7, 11) is 3.50. The minimum absolute atomic E-state index is 0.0547. The van der Waals surface area contributed by atoms with E-state index in [4.69, 9.17) is 10.2 Å². The van der Waals surface area contributed by atoms with Gasteiger partial charge in [-0.2, -0.15) is 5.10 Å². The second kappa shape index (κ2) is 4.90. The number of carboxylic acids is 1. The van der Waals surface area contributed by atoms with E-state index in [1.807, 2.05) is 11.9 Å². The first-order chi connectivity index (χ1) is 7.04. The highest BCUT2D eigenvalue weighted by Crippen LogP contribution is 2.08. The van der Waals surface area contributed by atoms with Crippen molar-refractivity contribution < 1.29 is 15.0 Å². The van der Waals surface area contributed by atoms with E-state index >= 15 is 0 Å². The molecular weight excluding hydrogens is 198 g/mol. The van der Waals surface area contributed by atoms with Crippen LogP contribution in [0.2, 0.25) is 0 Å². The largest absolute Gasteiger partial charge is 0.476 e. The first-order valence-electron chi connectivity index (χ1n) is 4.59. The summed E-state index contributed by atoms with van der Waals surface area (Å²) >= 11 is 0. The van der Waals surface area contributed by atoms with Crippen molar-refractivity contribution in [3.63, 3.8) is 0 Å². The molecule has 0 saturated carbocycles. The summed E-state index contributed by atoms with van der Waals surface area (Å²) in [4.78, 5) is 12.7. The smallest absolute Gasteiger partial charge is 0.356 e. The van der Waals surface area contributed by atoms with E-state index in [0.29, 0.717) is 18.7 Å². The van der Waals surface area contributed by atoms with Gasteiger partial charge >= 0.3 is 5.97 Å². The molecule has 0 atom stereocenters. The predicted octanol–water partition coefficient (Wildman–Crippen LogP) is -0.458. The van der Waals surface area contributed by atoms with Crippen molar-refractivity contribution in [1.82, 2.24) is 14.7 Å². The Morgan fingerprint density at radius 1 is 1.67 bits per heavy atom. The monoisotopic (exact) mass is 213 g/mol. The highest BCUT2D eigenvalue weighted by atomic mass is 16.4. The predicted molar refractivity (Wildman–Crippen MR) is 53.6 cm³/mol. The number of aliphatic hydroxyl groups is 1. The zero-order chi connectivity index (χ0) is 11.4. The lowest BCUT2D eigenvalue weighted by atomic mass is 10.2. The van der Waals surface area contributed by atoms with Crippen molar-refractivity contribution in [1.29, 1.82) is 0 Å². The minimum atomic E-state index is -1.03. The van der Waals surface area contributed by atoms with Gasteiger partial charge in [0.05, 0.1) is 6.61 Å². The van der Waals surface area contributed by atoms with Gasteiger partial charge in [0.15, 0.2) is 5.69 Å². The molecule has 84 valence electrons. The Hall–Kier alpha value is -1.40. The van der Waals surface area contributed by atoms with Gasteiger partial charge in [0, 0.05) is 31.9 Å². The second-order valence-electron chi connectivity index (χ2n) is 3.44. The molecule has 0 aliphatic carbocycles. The number of aryl methyl sites for hydroxylation is 1. The summed E-state index contributed by atoms with van der Waals surface area (Å²) in [5.41, 5.74) is 0.725. The number of carbonyl (C=O) groups is 1. The van der Waals surface area contributed by atoms with Gasteiger partial charge in [-0.25, -0.2) is 4.79 Å². The van der Waals surface area contributed by atoms with Crippen molar-refractivity contribution in [3.8, 4) is 0 Å². The number of aromatic carboxylic acids is 1. The van der Waals surface area contributed by atoms with Crippen LogP contribution in [0.15, 0.2) is 6.20 Å². The molecule has 0 radical (unpaired) electrons. The summed E-state index contributed by atoms with van der Waals surface area (Å²) in [5.74, 6) is -1.03. The first kappa shape index (κ1) is 11.7. The van der Waals surface area contributed by atoms with Crippen LogP contribution in [0.4, 0.5) is 0 Å². The molecule has 0 amide bonds. The normalized spacial score (nSPS) is 10.9. The topological polar surface area (TPSA) is 78.6 Å². The van der Waals surface area contributed by atoms with Crippen molar-refractivity contribution in [2.45, 2.75) is 6.54 Å². The number of aliphatic hydroxyl groups excluding tert-OH is 1. The zero-order valence-corrected chi connectivity index (χ0v) is 8.84. The highest BCUT2D eigenvalue weighted by molar-refractivity contribution is 5.86. The van der Waals surface area contributed by atoms with Crippen LogP contribution < -0.4 is 0 Å². The van der Waals surface area contributed by atoms with Crippen LogP contribution in [0.3, 0.4) is 0 Å². The molecule has 0 saturated heterocycles. The molecular formula is C9H15N3O3. The first-order valence-corrected chi connectivity index (χ1v) is 4.59. The molecule has 0 aliphatic rings. The van der Waals surface area contributed by atoms with Gasteiger partial charge in [0.2, 0.25) is 0 Å². The van der Waals surface area contributed by atoms with Gasteiger partial charge in [-0.05, 0) is 7.05 Å². The lowest BCUT2D eigenvalue weighted by Crippen LogP contribution is -2.22. The van der Waals surface area contributed by atoms with Crippen LogP contribution in [-0.4, -0.2) is 51.1 Å². The third-order valence-corrected chi connectivity index (χ3v) is 2.03. The maximum Gasteiger partial charge on any atom is 0.356 e. The summed E-state index contributed by atoms with van der Waals surface area (Å²) in [6.07, 6.45) is 1.68. The molecule has 1 heterocycles. The molecule has 0 spiro atoms. The SMILES string of the molecule is CN(CCO)Cc1cn(C)nc1C(=O)O. The van der Waals surface area contributed by atoms with Crippen LogP contribution >= 0.6 is 0 Å².